The van der Waals surface area contributed by atoms with Gasteiger partial charge in [-0.3, -0.25) is 0 Å². The van der Waals surface area contributed by atoms with Gasteiger partial charge in [-0.1, -0.05) is 13.3 Å². The van der Waals surface area contributed by atoms with Gasteiger partial charge in [0.25, 0.3) is 0 Å². The number of carboxylic acid groups (broad SMARTS) is 1. The van der Waals surface area contributed by atoms with Gasteiger partial charge in [0.05, 0.1) is 22.6 Å². The number of nitrogens with zero attached hydrogens (tertiary/aromatic N) is 3. The van der Waals surface area contributed by atoms with Crippen LogP contribution in [0.3, 0.4) is 0 Å². The van der Waals surface area contributed by atoms with Gasteiger partial charge in [0, 0.05) is 10.6 Å². The van der Waals surface area contributed by atoms with Crippen molar-refractivity contribution in [1.82, 2.24) is 15.0 Å². The van der Waals surface area contributed by atoms with Gasteiger partial charge in [0.1, 0.15) is 5.75 Å². The Morgan fingerprint density at radius 1 is 1.12 bits per heavy atom. The Bertz CT molecular complexity index is 1080. The predicted octanol–water partition coefficient (Wildman–Crippen LogP) is 5.30. The van der Waals surface area contributed by atoms with E-state index in [1.54, 1.807) is 6.07 Å². The summed E-state index contributed by atoms with van der Waals surface area (Å²) in [7, 11) is 0. The number of alkyl halides is 3. The molecule has 0 bridgehead atoms. The van der Waals surface area contributed by atoms with Crippen molar-refractivity contribution in [2.75, 3.05) is 6.61 Å². The lowest BCUT2D eigenvalue weighted by Gasteiger charge is -2.09. The minimum atomic E-state index is -4.39. The van der Waals surface area contributed by atoms with Gasteiger partial charge < -0.3 is 9.84 Å². The summed E-state index contributed by atoms with van der Waals surface area (Å²) in [5, 5.41) is 17.7. The number of carboxylic acids is 1. The number of aliphatic carboxylic acids is 1. The number of carbonyl (C=O) groups is 1. The molecular formula is C22H22F3N3O3S. The van der Waals surface area contributed by atoms with Gasteiger partial charge in [-0.05, 0) is 61.4 Å². The summed E-state index contributed by atoms with van der Waals surface area (Å²) in [6, 6.07) is 10.2. The number of benzene rings is 2. The van der Waals surface area contributed by atoms with Gasteiger partial charge in [-0.15, -0.1) is 11.8 Å². The highest BCUT2D eigenvalue weighted by Crippen LogP contribution is 2.30. The molecule has 0 fully saturated rings. The lowest BCUT2D eigenvalue weighted by Crippen LogP contribution is -2.09. The molecule has 1 heterocycles. The minimum absolute atomic E-state index is 0.402. The van der Waals surface area contributed by atoms with Crippen LogP contribution >= 0.6 is 11.8 Å². The molecule has 0 radical (unpaired) electrons. The van der Waals surface area contributed by atoms with E-state index < -0.39 is 24.3 Å². The Labute approximate surface area is 187 Å². The Morgan fingerprint density at radius 3 is 2.41 bits per heavy atom. The molecule has 0 spiro atoms. The van der Waals surface area contributed by atoms with Crippen LogP contribution in [0, 0.1) is 6.92 Å². The smallest absolute Gasteiger partial charge is 0.416 e. The molecule has 0 saturated heterocycles. The van der Waals surface area contributed by atoms with E-state index in [4.69, 9.17) is 9.84 Å². The van der Waals surface area contributed by atoms with Crippen molar-refractivity contribution >= 4 is 17.7 Å². The molecule has 170 valence electrons. The average Bonchev–Trinajstić information content (AvgIpc) is 3.14. The molecule has 0 amide bonds. The molecule has 2 aromatic carbocycles. The molecule has 3 aromatic rings. The fraction of sp³-hybridized carbons (Fsp3) is 0.318. The maximum absolute atomic E-state index is 12.8. The van der Waals surface area contributed by atoms with E-state index in [9.17, 15) is 18.0 Å². The fourth-order valence-electron chi connectivity index (χ4n) is 2.97. The van der Waals surface area contributed by atoms with Crippen molar-refractivity contribution in [3.05, 3.63) is 65.0 Å². The number of ether oxygens (including phenoxy) is 1. The highest BCUT2D eigenvalue weighted by Gasteiger charge is 2.30. The van der Waals surface area contributed by atoms with E-state index in [0.29, 0.717) is 23.6 Å². The lowest BCUT2D eigenvalue weighted by molar-refractivity contribution is -0.139. The van der Waals surface area contributed by atoms with Crippen LogP contribution in [0.5, 0.6) is 5.75 Å². The number of hydrogen-bond donors (Lipinski definition) is 1. The first-order valence-electron chi connectivity index (χ1n) is 9.88. The third kappa shape index (κ3) is 6.03. The third-order valence-corrected chi connectivity index (χ3v) is 5.55. The monoisotopic (exact) mass is 465 g/mol. The van der Waals surface area contributed by atoms with E-state index in [0.717, 1.165) is 40.4 Å². The van der Waals surface area contributed by atoms with Gasteiger partial charge in [0.2, 0.25) is 0 Å². The maximum Gasteiger partial charge on any atom is 0.416 e. The first-order chi connectivity index (χ1) is 15.2. The van der Waals surface area contributed by atoms with Crippen molar-refractivity contribution in [3.8, 4) is 11.4 Å². The van der Waals surface area contributed by atoms with E-state index in [1.165, 1.54) is 28.7 Å². The van der Waals surface area contributed by atoms with E-state index >= 15 is 0 Å². The molecule has 0 saturated carbocycles. The largest absolute Gasteiger partial charge is 0.482 e. The molecule has 1 aromatic heterocycles. The molecule has 0 aliphatic rings. The van der Waals surface area contributed by atoms with Crippen LogP contribution in [0.15, 0.2) is 47.4 Å². The summed E-state index contributed by atoms with van der Waals surface area (Å²) in [6.07, 6.45) is -2.83. The van der Waals surface area contributed by atoms with Crippen LogP contribution in [0.1, 0.15) is 35.9 Å². The number of aryl methyl sites for hydroxylation is 2. The van der Waals surface area contributed by atoms with E-state index in [2.05, 4.69) is 10.2 Å². The second kappa shape index (κ2) is 10.1. The minimum Gasteiger partial charge on any atom is -0.482 e. The normalized spacial score (nSPS) is 11.5. The number of thioether (sulfide) groups is 1. The Morgan fingerprint density at radius 2 is 1.81 bits per heavy atom. The number of rotatable bonds is 9. The Hall–Kier alpha value is -3.01. The molecule has 10 heteroatoms. The summed E-state index contributed by atoms with van der Waals surface area (Å²) >= 11 is 1.54. The van der Waals surface area contributed by atoms with Gasteiger partial charge in [0.15, 0.2) is 6.61 Å². The molecule has 32 heavy (non-hydrogen) atoms. The number of aromatic nitrogens is 3. The van der Waals surface area contributed by atoms with Crippen molar-refractivity contribution in [3.63, 3.8) is 0 Å². The quantitative estimate of drug-likeness (QED) is 0.432. The van der Waals surface area contributed by atoms with Crippen LogP contribution in [0.2, 0.25) is 0 Å². The van der Waals surface area contributed by atoms with Gasteiger partial charge >= 0.3 is 12.1 Å². The summed E-state index contributed by atoms with van der Waals surface area (Å²) in [5.74, 6) is 0.00387. The number of halogens is 3. The first-order valence-corrected chi connectivity index (χ1v) is 10.9. The maximum atomic E-state index is 12.8. The highest BCUT2D eigenvalue weighted by molar-refractivity contribution is 7.98. The van der Waals surface area contributed by atoms with Crippen LogP contribution in [0.4, 0.5) is 13.2 Å². The first kappa shape index (κ1) is 23.6. The summed E-state index contributed by atoms with van der Waals surface area (Å²) < 4.78 is 43.7. The zero-order chi connectivity index (χ0) is 23.3. The molecule has 1 N–H and O–H groups in total. The van der Waals surface area contributed by atoms with Crippen LogP contribution in [-0.2, 0) is 23.1 Å². The van der Waals surface area contributed by atoms with Gasteiger partial charge in [-0.2, -0.15) is 28.2 Å². The van der Waals surface area contributed by atoms with Crippen molar-refractivity contribution in [2.45, 2.75) is 43.5 Å². The molecule has 0 aliphatic heterocycles. The summed E-state index contributed by atoms with van der Waals surface area (Å²) in [6.45, 7) is 3.46. The SMILES string of the molecule is CCCc1nn(-c2ccc(C(F)(F)F)cc2)nc1CSc1ccc(OCC(=O)O)c(C)c1. The van der Waals surface area contributed by atoms with Crippen molar-refractivity contribution in [1.29, 1.82) is 0 Å². The molecule has 6 nitrogen and oxygen atoms in total. The van der Waals surface area contributed by atoms with Crippen LogP contribution < -0.4 is 4.74 Å². The molecular weight excluding hydrogens is 443 g/mol. The van der Waals surface area contributed by atoms with Crippen molar-refractivity contribution < 1.29 is 27.8 Å². The zero-order valence-electron chi connectivity index (χ0n) is 17.5. The third-order valence-electron chi connectivity index (χ3n) is 4.55. The Kier molecular flexibility index (Phi) is 7.44. The van der Waals surface area contributed by atoms with Crippen LogP contribution in [-0.4, -0.2) is 32.7 Å². The standard InChI is InChI=1S/C22H22F3N3O3S/c1-3-4-18-19(13-32-17-9-10-20(14(2)11-17)31-12-21(29)30)27-28(26-18)16-7-5-15(6-8-16)22(23,24)25/h5-11H,3-4,12-13H2,1-2H3,(H,29,30). The Balaban J connectivity index is 1.74. The average molecular weight is 465 g/mol. The highest BCUT2D eigenvalue weighted by atomic mass is 32.2. The van der Waals surface area contributed by atoms with E-state index in [-0.39, 0.29) is 0 Å². The molecule has 0 aliphatic carbocycles. The molecule has 3 rings (SSSR count). The summed E-state index contributed by atoms with van der Waals surface area (Å²) in [4.78, 5) is 13.0. The zero-order valence-corrected chi connectivity index (χ0v) is 18.3. The molecule has 0 unspecified atom stereocenters. The van der Waals surface area contributed by atoms with Crippen molar-refractivity contribution in [2.24, 2.45) is 0 Å². The van der Waals surface area contributed by atoms with Crippen LogP contribution in [0.25, 0.3) is 5.69 Å². The second-order valence-corrected chi connectivity index (χ2v) is 8.12. The predicted molar refractivity (Wildman–Crippen MR) is 114 cm³/mol. The topological polar surface area (TPSA) is 77.2 Å². The van der Waals surface area contributed by atoms with Gasteiger partial charge in [-0.25, -0.2) is 4.79 Å². The summed E-state index contributed by atoms with van der Waals surface area (Å²) in [5.41, 5.74) is 2.13. The second-order valence-electron chi connectivity index (χ2n) is 7.08. The fourth-order valence-corrected chi connectivity index (χ4v) is 3.93. The lowest BCUT2D eigenvalue weighted by atomic mass is 10.2. The van der Waals surface area contributed by atoms with E-state index in [1.807, 2.05) is 26.0 Å². The molecule has 0 atom stereocenters. The number of hydrogen-bond acceptors (Lipinski definition) is 5.